The number of para-hydroxylation sites is 1. The van der Waals surface area contributed by atoms with Gasteiger partial charge in [-0.05, 0) is 42.3 Å². The minimum Gasteiger partial charge on any atom is -0.496 e. The third kappa shape index (κ3) is 4.58. The monoisotopic (exact) mass is 347 g/mol. The van der Waals surface area contributed by atoms with Gasteiger partial charge in [-0.15, -0.1) is 0 Å². The van der Waals surface area contributed by atoms with Gasteiger partial charge in [-0.3, -0.25) is 4.79 Å². The number of nitrogens with one attached hydrogen (secondary N) is 1. The summed E-state index contributed by atoms with van der Waals surface area (Å²) in [5.41, 5.74) is 1.55. The summed E-state index contributed by atoms with van der Waals surface area (Å²) in [5, 5.41) is 2.77. The van der Waals surface area contributed by atoms with Crippen molar-refractivity contribution >= 4 is 21.4 Å². The highest BCUT2D eigenvalue weighted by Crippen LogP contribution is 2.19. The number of benzene rings is 2. The lowest BCUT2D eigenvalue weighted by Gasteiger charge is -2.09. The summed E-state index contributed by atoms with van der Waals surface area (Å²) < 4.78 is 28.8. The molecule has 0 aromatic heterocycles. The fraction of sp³-hybridized carbons (Fsp3) is 0.278. The van der Waals surface area contributed by atoms with E-state index in [9.17, 15) is 13.2 Å². The van der Waals surface area contributed by atoms with E-state index in [0.29, 0.717) is 18.5 Å². The zero-order chi connectivity index (χ0) is 17.6. The number of aryl methyl sites for hydroxylation is 1. The summed E-state index contributed by atoms with van der Waals surface area (Å²) in [6.45, 7) is 1.60. The molecule has 2 aromatic carbocycles. The second-order valence-electron chi connectivity index (χ2n) is 5.29. The summed E-state index contributed by atoms with van der Waals surface area (Å²) >= 11 is 0. The van der Waals surface area contributed by atoms with Crippen LogP contribution in [0, 0.1) is 0 Å². The Morgan fingerprint density at radius 3 is 2.38 bits per heavy atom. The predicted octanol–water partition coefficient (Wildman–Crippen LogP) is 3.06. The molecular weight excluding hydrogens is 326 g/mol. The molecule has 0 aliphatic rings. The summed E-state index contributed by atoms with van der Waals surface area (Å²) in [5.74, 6) is 0.684. The third-order valence-corrected chi connectivity index (χ3v) is 5.44. The number of hydrogen-bond donors (Lipinski definition) is 1. The molecule has 0 spiro atoms. The topological polar surface area (TPSA) is 72.5 Å². The number of sulfone groups is 1. The fourth-order valence-electron chi connectivity index (χ4n) is 2.29. The van der Waals surface area contributed by atoms with Crippen LogP contribution in [0.5, 0.6) is 5.75 Å². The Morgan fingerprint density at radius 1 is 1.08 bits per heavy atom. The maximum Gasteiger partial charge on any atom is 0.224 e. The maximum atomic E-state index is 12.1. The molecule has 1 amide bonds. The van der Waals surface area contributed by atoms with Crippen LogP contribution in [0.3, 0.4) is 0 Å². The minimum absolute atomic E-state index is 0.0532. The maximum absolute atomic E-state index is 12.1. The zero-order valence-corrected chi connectivity index (χ0v) is 14.6. The Labute approximate surface area is 142 Å². The van der Waals surface area contributed by atoms with Gasteiger partial charge in [-0.2, -0.15) is 0 Å². The second-order valence-corrected chi connectivity index (χ2v) is 7.57. The van der Waals surface area contributed by atoms with Crippen LogP contribution in [0.25, 0.3) is 0 Å². The lowest BCUT2D eigenvalue weighted by Crippen LogP contribution is -2.12. The van der Waals surface area contributed by atoms with Gasteiger partial charge in [0, 0.05) is 12.1 Å². The highest BCUT2D eigenvalue weighted by Gasteiger charge is 2.11. The SMILES string of the molecule is CCS(=O)(=O)c1ccc(NC(=O)CCc2ccccc2OC)cc1. The molecule has 0 aliphatic heterocycles. The van der Waals surface area contributed by atoms with Crippen molar-refractivity contribution < 1.29 is 17.9 Å². The van der Waals surface area contributed by atoms with E-state index >= 15 is 0 Å². The number of carbonyl (C=O) groups is 1. The molecule has 128 valence electrons. The fourth-order valence-corrected chi connectivity index (χ4v) is 3.18. The molecule has 5 nitrogen and oxygen atoms in total. The quantitative estimate of drug-likeness (QED) is 0.835. The van der Waals surface area contributed by atoms with E-state index in [1.165, 1.54) is 12.1 Å². The molecule has 1 N–H and O–H groups in total. The average Bonchev–Trinajstić information content (AvgIpc) is 2.60. The van der Waals surface area contributed by atoms with Crippen LogP contribution >= 0.6 is 0 Å². The molecule has 0 unspecified atom stereocenters. The predicted molar refractivity (Wildman–Crippen MR) is 94.1 cm³/mol. The number of ether oxygens (including phenoxy) is 1. The van der Waals surface area contributed by atoms with Crippen molar-refractivity contribution in [1.82, 2.24) is 0 Å². The van der Waals surface area contributed by atoms with Gasteiger partial charge >= 0.3 is 0 Å². The molecule has 0 radical (unpaired) electrons. The molecule has 0 fully saturated rings. The van der Waals surface area contributed by atoms with Crippen LogP contribution in [0.15, 0.2) is 53.4 Å². The third-order valence-electron chi connectivity index (χ3n) is 3.69. The summed E-state index contributed by atoms with van der Waals surface area (Å²) in [4.78, 5) is 12.3. The molecular formula is C18H21NO4S. The number of methoxy groups -OCH3 is 1. The molecule has 24 heavy (non-hydrogen) atoms. The van der Waals surface area contributed by atoms with Crippen LogP contribution in [-0.2, 0) is 21.1 Å². The van der Waals surface area contributed by atoms with Crippen LogP contribution < -0.4 is 10.1 Å². The van der Waals surface area contributed by atoms with Crippen LogP contribution in [0.2, 0.25) is 0 Å². The molecule has 0 bridgehead atoms. The summed E-state index contributed by atoms with van der Waals surface area (Å²) in [6, 6.07) is 13.8. The highest BCUT2D eigenvalue weighted by molar-refractivity contribution is 7.91. The van der Waals surface area contributed by atoms with Gasteiger partial charge in [0.15, 0.2) is 9.84 Å². The molecule has 0 aliphatic carbocycles. The highest BCUT2D eigenvalue weighted by atomic mass is 32.2. The van der Waals surface area contributed by atoms with Gasteiger partial charge in [0.25, 0.3) is 0 Å². The second kappa shape index (κ2) is 7.97. The van der Waals surface area contributed by atoms with E-state index in [1.807, 2.05) is 24.3 Å². The normalized spacial score (nSPS) is 11.1. The van der Waals surface area contributed by atoms with Gasteiger partial charge in [-0.1, -0.05) is 25.1 Å². The first-order chi connectivity index (χ1) is 11.5. The van der Waals surface area contributed by atoms with Crippen molar-refractivity contribution in [3.8, 4) is 5.75 Å². The lowest BCUT2D eigenvalue weighted by atomic mass is 10.1. The number of anilines is 1. The van der Waals surface area contributed by atoms with Crippen molar-refractivity contribution in [2.75, 3.05) is 18.2 Å². The number of rotatable bonds is 7. The Balaban J connectivity index is 1.95. The van der Waals surface area contributed by atoms with E-state index in [2.05, 4.69) is 5.32 Å². The molecule has 0 saturated carbocycles. The summed E-state index contributed by atoms with van der Waals surface area (Å²) in [7, 11) is -1.62. The van der Waals surface area contributed by atoms with E-state index in [0.717, 1.165) is 11.3 Å². The van der Waals surface area contributed by atoms with Crippen molar-refractivity contribution in [3.05, 3.63) is 54.1 Å². The van der Waals surface area contributed by atoms with Gasteiger partial charge < -0.3 is 10.1 Å². The van der Waals surface area contributed by atoms with Crippen LogP contribution in [0.4, 0.5) is 5.69 Å². The van der Waals surface area contributed by atoms with Gasteiger partial charge in [0.05, 0.1) is 17.8 Å². The van der Waals surface area contributed by atoms with E-state index in [1.54, 1.807) is 26.2 Å². The first kappa shape index (κ1) is 18.0. The van der Waals surface area contributed by atoms with Gasteiger partial charge in [0.2, 0.25) is 5.91 Å². The van der Waals surface area contributed by atoms with Crippen LogP contribution in [0.1, 0.15) is 18.9 Å². The van der Waals surface area contributed by atoms with Crippen molar-refractivity contribution in [2.45, 2.75) is 24.7 Å². The minimum atomic E-state index is -3.22. The zero-order valence-electron chi connectivity index (χ0n) is 13.8. The number of carbonyl (C=O) groups excluding carboxylic acids is 1. The Bertz CT molecular complexity index is 798. The summed E-state index contributed by atoms with van der Waals surface area (Å²) in [6.07, 6.45) is 0.882. The number of hydrogen-bond acceptors (Lipinski definition) is 4. The Morgan fingerprint density at radius 2 is 1.75 bits per heavy atom. The Kier molecular flexibility index (Phi) is 5.98. The first-order valence-electron chi connectivity index (χ1n) is 7.71. The number of amides is 1. The van der Waals surface area contributed by atoms with E-state index in [4.69, 9.17) is 4.74 Å². The largest absolute Gasteiger partial charge is 0.496 e. The smallest absolute Gasteiger partial charge is 0.224 e. The van der Waals surface area contributed by atoms with Crippen LogP contribution in [-0.4, -0.2) is 27.2 Å². The van der Waals surface area contributed by atoms with Crippen molar-refractivity contribution in [1.29, 1.82) is 0 Å². The van der Waals surface area contributed by atoms with Gasteiger partial charge in [0.1, 0.15) is 5.75 Å². The van der Waals surface area contributed by atoms with Crippen molar-refractivity contribution in [2.24, 2.45) is 0 Å². The lowest BCUT2D eigenvalue weighted by molar-refractivity contribution is -0.116. The molecule has 2 rings (SSSR count). The molecule has 0 saturated heterocycles. The standard InChI is InChI=1S/C18H21NO4S/c1-3-24(21,22)16-11-9-15(10-12-16)19-18(20)13-8-14-6-4-5-7-17(14)23-2/h4-7,9-12H,3,8,13H2,1-2H3,(H,19,20). The molecule has 0 atom stereocenters. The van der Waals surface area contributed by atoms with Crippen molar-refractivity contribution in [3.63, 3.8) is 0 Å². The average molecular weight is 347 g/mol. The van der Waals surface area contributed by atoms with E-state index < -0.39 is 9.84 Å². The van der Waals surface area contributed by atoms with E-state index in [-0.39, 0.29) is 16.6 Å². The first-order valence-corrected chi connectivity index (χ1v) is 9.36. The molecule has 6 heteroatoms. The van der Waals surface area contributed by atoms with Gasteiger partial charge in [-0.25, -0.2) is 8.42 Å². The Hall–Kier alpha value is -2.34. The molecule has 0 heterocycles. The molecule has 2 aromatic rings.